The Morgan fingerprint density at radius 1 is 1.47 bits per heavy atom. The Bertz CT molecular complexity index is 495. The molecule has 15 heavy (non-hydrogen) atoms. The standard InChI is InChI=1S/C9H8ClF2N3/c10-5-2-1-3-6-8(5)15(4-7(11)12)9(13)14-6/h1-3,7H,4H2,(H2,13,14). The van der Waals surface area contributed by atoms with E-state index < -0.39 is 13.0 Å². The molecule has 0 amide bonds. The fraction of sp³-hybridized carbons (Fsp3) is 0.222. The fourth-order valence-corrected chi connectivity index (χ4v) is 1.75. The number of nitrogens with zero attached hydrogens (tertiary/aromatic N) is 2. The highest BCUT2D eigenvalue weighted by Crippen LogP contribution is 2.26. The van der Waals surface area contributed by atoms with Crippen LogP contribution in [0.1, 0.15) is 0 Å². The molecule has 0 saturated carbocycles. The van der Waals surface area contributed by atoms with E-state index in [1.165, 1.54) is 4.57 Å². The van der Waals surface area contributed by atoms with Gasteiger partial charge in [0, 0.05) is 0 Å². The Balaban J connectivity index is 2.65. The second kappa shape index (κ2) is 3.66. The largest absolute Gasteiger partial charge is 0.369 e. The molecule has 1 aromatic carbocycles. The topological polar surface area (TPSA) is 43.8 Å². The number of anilines is 1. The van der Waals surface area contributed by atoms with Gasteiger partial charge in [-0.25, -0.2) is 13.8 Å². The molecule has 0 unspecified atom stereocenters. The molecule has 2 rings (SSSR count). The summed E-state index contributed by atoms with van der Waals surface area (Å²) < 4.78 is 25.8. The number of imidazole rings is 1. The molecule has 0 fully saturated rings. The molecule has 0 spiro atoms. The molecule has 0 aliphatic carbocycles. The molecule has 0 saturated heterocycles. The first-order valence-electron chi connectivity index (χ1n) is 4.28. The van der Waals surface area contributed by atoms with Crippen molar-refractivity contribution in [3.05, 3.63) is 23.2 Å². The van der Waals surface area contributed by atoms with Gasteiger partial charge in [-0.15, -0.1) is 0 Å². The lowest BCUT2D eigenvalue weighted by molar-refractivity contribution is 0.128. The molecule has 3 nitrogen and oxygen atoms in total. The van der Waals surface area contributed by atoms with E-state index in [9.17, 15) is 8.78 Å². The lowest BCUT2D eigenvalue weighted by atomic mass is 10.3. The van der Waals surface area contributed by atoms with Gasteiger partial charge in [0.2, 0.25) is 5.95 Å². The van der Waals surface area contributed by atoms with Gasteiger partial charge in [-0.2, -0.15) is 0 Å². The van der Waals surface area contributed by atoms with Crippen LogP contribution in [0.25, 0.3) is 11.0 Å². The summed E-state index contributed by atoms with van der Waals surface area (Å²) in [5.74, 6) is 0.0541. The van der Waals surface area contributed by atoms with E-state index in [1.807, 2.05) is 0 Å². The highest BCUT2D eigenvalue weighted by atomic mass is 35.5. The van der Waals surface area contributed by atoms with Crippen LogP contribution >= 0.6 is 11.6 Å². The van der Waals surface area contributed by atoms with Crippen molar-refractivity contribution in [3.8, 4) is 0 Å². The molecule has 0 aliphatic rings. The minimum atomic E-state index is -2.49. The summed E-state index contributed by atoms with van der Waals surface area (Å²) in [5, 5.41) is 0.373. The van der Waals surface area contributed by atoms with E-state index in [0.29, 0.717) is 16.1 Å². The molecule has 2 aromatic rings. The van der Waals surface area contributed by atoms with Gasteiger partial charge in [-0.3, -0.25) is 0 Å². The number of aromatic nitrogens is 2. The van der Waals surface area contributed by atoms with Crippen LogP contribution in [-0.4, -0.2) is 16.0 Å². The number of nitrogen functional groups attached to an aromatic ring is 1. The Morgan fingerprint density at radius 3 is 2.87 bits per heavy atom. The summed E-state index contributed by atoms with van der Waals surface area (Å²) in [6.45, 7) is -0.494. The quantitative estimate of drug-likeness (QED) is 0.863. The van der Waals surface area contributed by atoms with Gasteiger partial charge in [0.15, 0.2) is 0 Å². The molecule has 1 aromatic heterocycles. The minimum absolute atomic E-state index is 0.0541. The number of hydrogen-bond donors (Lipinski definition) is 1. The van der Waals surface area contributed by atoms with Gasteiger partial charge < -0.3 is 10.3 Å². The summed E-state index contributed by atoms with van der Waals surface area (Å²) >= 11 is 5.90. The zero-order valence-electron chi connectivity index (χ0n) is 7.62. The first-order valence-corrected chi connectivity index (χ1v) is 4.65. The monoisotopic (exact) mass is 231 g/mol. The lowest BCUT2D eigenvalue weighted by Gasteiger charge is -2.05. The predicted octanol–water partition coefficient (Wildman–Crippen LogP) is 2.54. The Labute approximate surface area is 89.5 Å². The number of halogens is 3. The van der Waals surface area contributed by atoms with Crippen LogP contribution in [0.3, 0.4) is 0 Å². The number of nitrogens with two attached hydrogens (primary N) is 1. The Hall–Kier alpha value is -1.36. The number of benzene rings is 1. The molecular weight excluding hydrogens is 224 g/mol. The summed E-state index contributed by atoms with van der Waals surface area (Å²) in [6.07, 6.45) is -2.49. The third kappa shape index (κ3) is 1.74. The van der Waals surface area contributed by atoms with Crippen LogP contribution in [0.4, 0.5) is 14.7 Å². The van der Waals surface area contributed by atoms with Crippen LogP contribution < -0.4 is 5.73 Å². The Morgan fingerprint density at radius 2 is 2.20 bits per heavy atom. The van der Waals surface area contributed by atoms with Crippen LogP contribution in [0.5, 0.6) is 0 Å². The Kier molecular flexibility index (Phi) is 2.48. The SMILES string of the molecule is Nc1nc2cccc(Cl)c2n1CC(F)F. The van der Waals surface area contributed by atoms with Gasteiger partial charge in [-0.05, 0) is 12.1 Å². The predicted molar refractivity (Wildman–Crippen MR) is 55.2 cm³/mol. The van der Waals surface area contributed by atoms with Gasteiger partial charge in [-0.1, -0.05) is 17.7 Å². The molecule has 1 heterocycles. The lowest BCUT2D eigenvalue weighted by Crippen LogP contribution is -2.09. The van der Waals surface area contributed by atoms with Gasteiger partial charge in [0.25, 0.3) is 6.43 Å². The summed E-state index contributed by atoms with van der Waals surface area (Å²) in [6, 6.07) is 5.00. The minimum Gasteiger partial charge on any atom is -0.369 e. The van der Waals surface area contributed by atoms with Crippen LogP contribution in [0.15, 0.2) is 18.2 Å². The molecule has 6 heteroatoms. The van der Waals surface area contributed by atoms with Crippen LogP contribution in [0.2, 0.25) is 5.02 Å². The van der Waals surface area contributed by atoms with Crippen molar-refractivity contribution in [1.82, 2.24) is 9.55 Å². The van der Waals surface area contributed by atoms with Crippen molar-refractivity contribution in [1.29, 1.82) is 0 Å². The van der Waals surface area contributed by atoms with Gasteiger partial charge in [0.1, 0.15) is 0 Å². The molecular formula is C9H8ClF2N3. The number of para-hydroxylation sites is 1. The maximum absolute atomic E-state index is 12.3. The average Bonchev–Trinajstić information content (AvgIpc) is 2.43. The van der Waals surface area contributed by atoms with E-state index in [1.54, 1.807) is 18.2 Å². The third-order valence-corrected chi connectivity index (χ3v) is 2.37. The molecule has 0 bridgehead atoms. The van der Waals surface area contributed by atoms with E-state index in [2.05, 4.69) is 4.98 Å². The highest BCUT2D eigenvalue weighted by Gasteiger charge is 2.14. The van der Waals surface area contributed by atoms with E-state index in [0.717, 1.165) is 0 Å². The first-order chi connectivity index (χ1) is 7.09. The third-order valence-electron chi connectivity index (χ3n) is 2.07. The van der Waals surface area contributed by atoms with Crippen molar-refractivity contribution in [2.75, 3.05) is 5.73 Å². The van der Waals surface area contributed by atoms with E-state index in [-0.39, 0.29) is 5.95 Å². The van der Waals surface area contributed by atoms with Crippen molar-refractivity contribution in [3.63, 3.8) is 0 Å². The molecule has 0 atom stereocenters. The molecule has 2 N–H and O–H groups in total. The number of hydrogen-bond acceptors (Lipinski definition) is 2. The van der Waals surface area contributed by atoms with Crippen molar-refractivity contribution < 1.29 is 8.78 Å². The number of alkyl halides is 2. The second-order valence-corrected chi connectivity index (χ2v) is 3.49. The van der Waals surface area contributed by atoms with Crippen molar-refractivity contribution in [2.24, 2.45) is 0 Å². The van der Waals surface area contributed by atoms with Crippen LogP contribution in [0, 0.1) is 0 Å². The van der Waals surface area contributed by atoms with Gasteiger partial charge >= 0.3 is 0 Å². The maximum Gasteiger partial charge on any atom is 0.256 e. The fourth-order valence-electron chi connectivity index (χ4n) is 1.48. The van der Waals surface area contributed by atoms with Crippen molar-refractivity contribution in [2.45, 2.75) is 13.0 Å². The normalized spacial score (nSPS) is 11.5. The highest BCUT2D eigenvalue weighted by molar-refractivity contribution is 6.35. The number of fused-ring (bicyclic) bond motifs is 1. The van der Waals surface area contributed by atoms with Crippen LogP contribution in [-0.2, 0) is 6.54 Å². The second-order valence-electron chi connectivity index (χ2n) is 3.08. The van der Waals surface area contributed by atoms with E-state index in [4.69, 9.17) is 17.3 Å². The summed E-state index contributed by atoms with van der Waals surface area (Å²) in [7, 11) is 0. The maximum atomic E-state index is 12.3. The average molecular weight is 232 g/mol. The first kappa shape index (κ1) is 10.2. The van der Waals surface area contributed by atoms with E-state index >= 15 is 0 Å². The van der Waals surface area contributed by atoms with Gasteiger partial charge in [0.05, 0.1) is 22.6 Å². The molecule has 0 radical (unpaired) electrons. The van der Waals surface area contributed by atoms with Crippen molar-refractivity contribution >= 4 is 28.6 Å². The summed E-state index contributed by atoms with van der Waals surface area (Å²) in [5.41, 5.74) is 6.51. The molecule has 0 aliphatic heterocycles. The zero-order chi connectivity index (χ0) is 11.0. The molecule has 80 valence electrons. The summed E-state index contributed by atoms with van der Waals surface area (Å²) in [4.78, 5) is 3.95. The smallest absolute Gasteiger partial charge is 0.256 e. The zero-order valence-corrected chi connectivity index (χ0v) is 8.38. The number of rotatable bonds is 2.